The van der Waals surface area contributed by atoms with Gasteiger partial charge in [0.2, 0.25) is 0 Å². The minimum atomic E-state index is -0.337. The molecule has 0 saturated heterocycles. The summed E-state index contributed by atoms with van der Waals surface area (Å²) in [5, 5.41) is 3.92. The summed E-state index contributed by atoms with van der Waals surface area (Å²) in [4.78, 5) is 0. The van der Waals surface area contributed by atoms with Crippen molar-refractivity contribution in [1.82, 2.24) is 9.78 Å². The quantitative estimate of drug-likeness (QED) is 0.851. The maximum absolute atomic E-state index is 13.3. The maximum atomic E-state index is 13.3. The lowest BCUT2D eigenvalue weighted by Gasteiger charge is -2.02. The first-order valence-electron chi connectivity index (χ1n) is 3.93. The van der Waals surface area contributed by atoms with E-state index in [9.17, 15) is 4.39 Å². The van der Waals surface area contributed by atoms with Gasteiger partial charge in [-0.25, -0.2) is 9.07 Å². The van der Waals surface area contributed by atoms with Gasteiger partial charge in [0.1, 0.15) is 17.3 Å². The van der Waals surface area contributed by atoms with Crippen LogP contribution in [0.1, 0.15) is 0 Å². The van der Waals surface area contributed by atoms with E-state index in [0.29, 0.717) is 11.5 Å². The van der Waals surface area contributed by atoms with Crippen molar-refractivity contribution in [2.45, 2.75) is 0 Å². The van der Waals surface area contributed by atoms with Crippen LogP contribution >= 0.6 is 15.9 Å². The number of halogens is 2. The zero-order valence-corrected chi connectivity index (χ0v) is 8.70. The Balaban J connectivity index is 2.55. The molecular weight excluding hydrogens is 249 g/mol. The van der Waals surface area contributed by atoms with Gasteiger partial charge < -0.3 is 5.73 Å². The molecular formula is C9H7BrFN3. The van der Waals surface area contributed by atoms with Crippen LogP contribution in [0.15, 0.2) is 34.9 Å². The second-order valence-electron chi connectivity index (χ2n) is 2.78. The van der Waals surface area contributed by atoms with Crippen LogP contribution in [0.4, 0.5) is 10.2 Å². The molecule has 1 aromatic carbocycles. The third kappa shape index (κ3) is 1.63. The second kappa shape index (κ2) is 3.42. The van der Waals surface area contributed by atoms with Crippen molar-refractivity contribution in [1.29, 1.82) is 0 Å². The van der Waals surface area contributed by atoms with Crippen molar-refractivity contribution in [2.24, 2.45) is 0 Å². The molecule has 1 aromatic heterocycles. The average Bonchev–Trinajstić information content (AvgIpc) is 2.56. The number of hydrogen-bond donors (Lipinski definition) is 1. The Hall–Kier alpha value is -1.36. The molecule has 5 heteroatoms. The Morgan fingerprint density at radius 3 is 2.79 bits per heavy atom. The van der Waals surface area contributed by atoms with Crippen LogP contribution in [0.3, 0.4) is 0 Å². The summed E-state index contributed by atoms with van der Waals surface area (Å²) in [5.74, 6) is 0.0284. The van der Waals surface area contributed by atoms with E-state index in [-0.39, 0.29) is 5.82 Å². The Kier molecular flexibility index (Phi) is 2.25. The van der Waals surface area contributed by atoms with E-state index in [4.69, 9.17) is 5.73 Å². The van der Waals surface area contributed by atoms with E-state index in [1.54, 1.807) is 24.4 Å². The molecule has 0 fully saturated rings. The van der Waals surface area contributed by atoms with Crippen LogP contribution in [-0.4, -0.2) is 9.78 Å². The van der Waals surface area contributed by atoms with Crippen molar-refractivity contribution in [3.05, 3.63) is 40.8 Å². The van der Waals surface area contributed by atoms with Crippen LogP contribution in [0.5, 0.6) is 0 Å². The van der Waals surface area contributed by atoms with E-state index in [2.05, 4.69) is 21.0 Å². The van der Waals surface area contributed by atoms with Gasteiger partial charge in [-0.2, -0.15) is 5.10 Å². The van der Waals surface area contributed by atoms with Gasteiger partial charge in [0.15, 0.2) is 0 Å². The topological polar surface area (TPSA) is 43.8 Å². The Bertz CT molecular complexity index is 467. The predicted octanol–water partition coefficient (Wildman–Crippen LogP) is 2.36. The number of nitrogens with zero attached hydrogens (tertiary/aromatic N) is 2. The minimum Gasteiger partial charge on any atom is -0.382 e. The molecule has 0 radical (unpaired) electrons. The lowest BCUT2D eigenvalue weighted by molar-refractivity contribution is 0.611. The largest absolute Gasteiger partial charge is 0.382 e. The van der Waals surface area contributed by atoms with Crippen molar-refractivity contribution in [3.63, 3.8) is 0 Å². The predicted molar refractivity (Wildman–Crippen MR) is 55.6 cm³/mol. The lowest BCUT2D eigenvalue weighted by Crippen LogP contribution is -1.99. The highest BCUT2D eigenvalue weighted by molar-refractivity contribution is 9.10. The Morgan fingerprint density at radius 2 is 2.14 bits per heavy atom. The van der Waals surface area contributed by atoms with Gasteiger partial charge in [-0.1, -0.05) is 15.9 Å². The molecule has 2 N–H and O–H groups in total. The van der Waals surface area contributed by atoms with E-state index in [1.807, 2.05) is 0 Å². The SMILES string of the molecule is Nc1ccn(-c2cc(Br)ccc2F)n1. The Morgan fingerprint density at radius 1 is 1.36 bits per heavy atom. The smallest absolute Gasteiger partial charge is 0.148 e. The summed E-state index contributed by atoms with van der Waals surface area (Å²) < 4.78 is 15.5. The molecule has 2 aromatic rings. The molecule has 1 heterocycles. The van der Waals surface area contributed by atoms with E-state index < -0.39 is 0 Å². The molecule has 3 nitrogen and oxygen atoms in total. The summed E-state index contributed by atoms with van der Waals surface area (Å²) in [6, 6.07) is 6.26. The Labute approximate surface area is 88.5 Å². The van der Waals surface area contributed by atoms with Crippen LogP contribution < -0.4 is 5.73 Å². The summed E-state index contributed by atoms with van der Waals surface area (Å²) in [5.41, 5.74) is 5.81. The van der Waals surface area contributed by atoms with E-state index in [1.165, 1.54) is 10.7 Å². The average molecular weight is 256 g/mol. The van der Waals surface area contributed by atoms with Crippen LogP contribution in [0.2, 0.25) is 0 Å². The van der Waals surface area contributed by atoms with E-state index >= 15 is 0 Å². The number of nitrogen functional groups attached to an aromatic ring is 1. The first-order valence-corrected chi connectivity index (χ1v) is 4.73. The van der Waals surface area contributed by atoms with Crippen molar-refractivity contribution in [2.75, 3.05) is 5.73 Å². The highest BCUT2D eigenvalue weighted by atomic mass is 79.9. The van der Waals surface area contributed by atoms with Crippen LogP contribution in [-0.2, 0) is 0 Å². The van der Waals surface area contributed by atoms with Gasteiger partial charge in [-0.05, 0) is 18.2 Å². The molecule has 0 atom stereocenters. The van der Waals surface area contributed by atoms with Crippen molar-refractivity contribution in [3.8, 4) is 5.69 Å². The number of hydrogen-bond acceptors (Lipinski definition) is 2. The third-order valence-electron chi connectivity index (χ3n) is 1.76. The van der Waals surface area contributed by atoms with Crippen LogP contribution in [0, 0.1) is 5.82 Å². The zero-order chi connectivity index (χ0) is 10.1. The summed E-state index contributed by atoms with van der Waals surface area (Å²) >= 11 is 3.26. The standard InChI is InChI=1S/C9H7BrFN3/c10-6-1-2-7(11)8(5-6)14-4-3-9(12)13-14/h1-5H,(H2,12,13). The number of aromatic nitrogens is 2. The fourth-order valence-corrected chi connectivity index (χ4v) is 1.48. The molecule has 0 aliphatic rings. The molecule has 72 valence electrons. The van der Waals surface area contributed by atoms with Gasteiger partial charge in [-0.15, -0.1) is 0 Å². The molecule has 0 unspecified atom stereocenters. The molecule has 0 bridgehead atoms. The van der Waals surface area contributed by atoms with Gasteiger partial charge in [0.05, 0.1) is 0 Å². The third-order valence-corrected chi connectivity index (χ3v) is 2.26. The number of anilines is 1. The molecule has 14 heavy (non-hydrogen) atoms. The van der Waals surface area contributed by atoms with Gasteiger partial charge in [-0.3, -0.25) is 0 Å². The van der Waals surface area contributed by atoms with Crippen molar-refractivity contribution >= 4 is 21.7 Å². The molecule has 0 spiro atoms. The monoisotopic (exact) mass is 255 g/mol. The zero-order valence-electron chi connectivity index (χ0n) is 7.11. The van der Waals surface area contributed by atoms with E-state index in [0.717, 1.165) is 4.47 Å². The highest BCUT2D eigenvalue weighted by Gasteiger charge is 2.05. The van der Waals surface area contributed by atoms with Gasteiger partial charge in [0, 0.05) is 16.7 Å². The normalized spacial score (nSPS) is 10.4. The number of nitrogens with two attached hydrogens (primary N) is 1. The highest BCUT2D eigenvalue weighted by Crippen LogP contribution is 2.19. The summed E-state index contributed by atoms with van der Waals surface area (Å²) in [6.07, 6.45) is 1.61. The van der Waals surface area contributed by atoms with Crippen LogP contribution in [0.25, 0.3) is 5.69 Å². The fraction of sp³-hybridized carbons (Fsp3) is 0. The fourth-order valence-electron chi connectivity index (χ4n) is 1.13. The minimum absolute atomic E-state index is 0.337. The lowest BCUT2D eigenvalue weighted by atomic mass is 10.3. The number of benzene rings is 1. The number of rotatable bonds is 1. The van der Waals surface area contributed by atoms with Gasteiger partial charge >= 0.3 is 0 Å². The summed E-state index contributed by atoms with van der Waals surface area (Å²) in [7, 11) is 0. The molecule has 0 aliphatic heterocycles. The first kappa shape index (κ1) is 9.21. The van der Waals surface area contributed by atoms with Gasteiger partial charge in [0.25, 0.3) is 0 Å². The maximum Gasteiger partial charge on any atom is 0.148 e. The molecule has 0 aliphatic carbocycles. The second-order valence-corrected chi connectivity index (χ2v) is 3.70. The molecule has 0 amide bonds. The van der Waals surface area contributed by atoms with Crippen molar-refractivity contribution < 1.29 is 4.39 Å². The molecule has 0 saturated carbocycles. The molecule has 2 rings (SSSR count). The summed E-state index contributed by atoms with van der Waals surface area (Å²) in [6.45, 7) is 0. The first-order chi connectivity index (χ1) is 6.66.